The Morgan fingerprint density at radius 2 is 2.15 bits per heavy atom. The average molecular weight is 180 g/mol. The predicted molar refractivity (Wildman–Crippen MR) is 53.1 cm³/mol. The number of aliphatic hydroxyl groups is 1. The van der Waals surface area contributed by atoms with E-state index in [-0.39, 0.29) is 6.61 Å². The molecular formula is C11H16O2. The molecule has 0 unspecified atom stereocenters. The van der Waals surface area contributed by atoms with Crippen LogP contribution in [0.1, 0.15) is 18.1 Å². The van der Waals surface area contributed by atoms with Gasteiger partial charge in [-0.1, -0.05) is 6.07 Å². The molecule has 1 N–H and O–H groups in total. The van der Waals surface area contributed by atoms with E-state index in [1.54, 1.807) is 0 Å². The summed E-state index contributed by atoms with van der Waals surface area (Å²) >= 11 is 0. The summed E-state index contributed by atoms with van der Waals surface area (Å²) in [4.78, 5) is 0. The molecule has 0 saturated heterocycles. The first-order valence-electron chi connectivity index (χ1n) is 4.61. The highest BCUT2D eigenvalue weighted by Gasteiger charge is 1.99. The first-order valence-corrected chi connectivity index (χ1v) is 4.61. The van der Waals surface area contributed by atoms with Gasteiger partial charge in [0.05, 0.1) is 6.61 Å². The Bertz CT molecular complexity index is 269. The number of aryl methyl sites for hydroxylation is 1. The van der Waals surface area contributed by atoms with Crippen LogP contribution in [0.4, 0.5) is 0 Å². The number of rotatable bonds is 4. The van der Waals surface area contributed by atoms with Gasteiger partial charge in [0.25, 0.3) is 0 Å². The Kier molecular flexibility index (Phi) is 3.77. The SMILES string of the molecule is CCOc1ccc(C)c(CCO)c1. The fourth-order valence-corrected chi connectivity index (χ4v) is 1.29. The molecule has 0 bridgehead atoms. The maximum Gasteiger partial charge on any atom is 0.119 e. The van der Waals surface area contributed by atoms with E-state index in [4.69, 9.17) is 9.84 Å². The molecule has 0 spiro atoms. The van der Waals surface area contributed by atoms with Crippen LogP contribution in [-0.2, 0) is 6.42 Å². The van der Waals surface area contributed by atoms with Crippen molar-refractivity contribution in [2.75, 3.05) is 13.2 Å². The lowest BCUT2D eigenvalue weighted by Crippen LogP contribution is -1.97. The molecule has 0 radical (unpaired) electrons. The van der Waals surface area contributed by atoms with Gasteiger partial charge in [0, 0.05) is 6.61 Å². The maximum atomic E-state index is 8.82. The lowest BCUT2D eigenvalue weighted by atomic mass is 10.1. The molecule has 0 aliphatic heterocycles. The molecule has 2 heteroatoms. The van der Waals surface area contributed by atoms with Crippen LogP contribution in [-0.4, -0.2) is 18.3 Å². The van der Waals surface area contributed by atoms with E-state index < -0.39 is 0 Å². The largest absolute Gasteiger partial charge is 0.494 e. The van der Waals surface area contributed by atoms with Crippen LogP contribution in [0.5, 0.6) is 5.75 Å². The van der Waals surface area contributed by atoms with Crippen molar-refractivity contribution in [1.82, 2.24) is 0 Å². The van der Waals surface area contributed by atoms with E-state index in [1.807, 2.05) is 32.0 Å². The average Bonchev–Trinajstić information content (AvgIpc) is 2.12. The minimum Gasteiger partial charge on any atom is -0.494 e. The van der Waals surface area contributed by atoms with Crippen molar-refractivity contribution < 1.29 is 9.84 Å². The molecule has 2 nitrogen and oxygen atoms in total. The molecule has 1 aromatic rings. The predicted octanol–water partition coefficient (Wildman–Crippen LogP) is 1.93. The van der Waals surface area contributed by atoms with Gasteiger partial charge < -0.3 is 9.84 Å². The van der Waals surface area contributed by atoms with Gasteiger partial charge in [0.1, 0.15) is 5.75 Å². The molecule has 72 valence electrons. The minimum atomic E-state index is 0.191. The van der Waals surface area contributed by atoms with Crippen LogP contribution in [0.25, 0.3) is 0 Å². The van der Waals surface area contributed by atoms with E-state index in [0.29, 0.717) is 13.0 Å². The Morgan fingerprint density at radius 3 is 2.77 bits per heavy atom. The summed E-state index contributed by atoms with van der Waals surface area (Å²) < 4.78 is 5.37. The van der Waals surface area contributed by atoms with Gasteiger partial charge in [-0.25, -0.2) is 0 Å². The summed E-state index contributed by atoms with van der Waals surface area (Å²) in [5.41, 5.74) is 2.37. The molecule has 0 saturated carbocycles. The molecular weight excluding hydrogens is 164 g/mol. The number of aliphatic hydroxyl groups excluding tert-OH is 1. The zero-order valence-corrected chi connectivity index (χ0v) is 8.21. The van der Waals surface area contributed by atoms with Gasteiger partial charge in [0.2, 0.25) is 0 Å². The lowest BCUT2D eigenvalue weighted by molar-refractivity contribution is 0.298. The Hall–Kier alpha value is -1.02. The van der Waals surface area contributed by atoms with E-state index in [2.05, 4.69) is 0 Å². The van der Waals surface area contributed by atoms with Crippen molar-refractivity contribution in [3.8, 4) is 5.75 Å². The monoisotopic (exact) mass is 180 g/mol. The third-order valence-corrected chi connectivity index (χ3v) is 2.01. The standard InChI is InChI=1S/C11H16O2/c1-3-13-11-5-4-9(2)10(8-11)6-7-12/h4-5,8,12H,3,6-7H2,1-2H3. The van der Waals surface area contributed by atoms with Crippen molar-refractivity contribution >= 4 is 0 Å². The summed E-state index contributed by atoms with van der Waals surface area (Å²) in [6.07, 6.45) is 0.701. The molecule has 13 heavy (non-hydrogen) atoms. The van der Waals surface area contributed by atoms with Crippen LogP contribution >= 0.6 is 0 Å². The van der Waals surface area contributed by atoms with E-state index in [1.165, 1.54) is 5.56 Å². The topological polar surface area (TPSA) is 29.5 Å². The molecule has 0 aliphatic rings. The molecule has 0 amide bonds. The summed E-state index contributed by atoms with van der Waals surface area (Å²) in [5.74, 6) is 0.886. The number of ether oxygens (including phenoxy) is 1. The van der Waals surface area contributed by atoms with Gasteiger partial charge in [0.15, 0.2) is 0 Å². The molecule has 0 fully saturated rings. The number of hydrogen-bond acceptors (Lipinski definition) is 2. The molecule has 1 aromatic carbocycles. The van der Waals surface area contributed by atoms with Gasteiger partial charge in [-0.2, -0.15) is 0 Å². The van der Waals surface area contributed by atoms with Crippen LogP contribution in [0.2, 0.25) is 0 Å². The van der Waals surface area contributed by atoms with E-state index >= 15 is 0 Å². The van der Waals surface area contributed by atoms with Crippen molar-refractivity contribution in [1.29, 1.82) is 0 Å². The van der Waals surface area contributed by atoms with Crippen LogP contribution in [0.15, 0.2) is 18.2 Å². The lowest BCUT2D eigenvalue weighted by Gasteiger charge is -2.07. The van der Waals surface area contributed by atoms with Crippen molar-refractivity contribution in [2.45, 2.75) is 20.3 Å². The van der Waals surface area contributed by atoms with Gasteiger partial charge in [-0.15, -0.1) is 0 Å². The highest BCUT2D eigenvalue weighted by Crippen LogP contribution is 2.17. The van der Waals surface area contributed by atoms with Crippen molar-refractivity contribution in [2.24, 2.45) is 0 Å². The first-order chi connectivity index (χ1) is 6.27. The normalized spacial score (nSPS) is 10.1. The number of hydrogen-bond donors (Lipinski definition) is 1. The maximum absolute atomic E-state index is 8.82. The third-order valence-electron chi connectivity index (χ3n) is 2.01. The van der Waals surface area contributed by atoms with E-state index in [9.17, 15) is 0 Å². The summed E-state index contributed by atoms with van der Waals surface area (Å²) in [5, 5.41) is 8.82. The summed E-state index contributed by atoms with van der Waals surface area (Å²) in [7, 11) is 0. The zero-order chi connectivity index (χ0) is 9.68. The second-order valence-electron chi connectivity index (χ2n) is 2.99. The molecule has 0 heterocycles. The highest BCUT2D eigenvalue weighted by molar-refractivity contribution is 5.35. The van der Waals surface area contributed by atoms with Crippen LogP contribution in [0.3, 0.4) is 0 Å². The summed E-state index contributed by atoms with van der Waals surface area (Å²) in [6, 6.07) is 5.98. The number of benzene rings is 1. The van der Waals surface area contributed by atoms with Gasteiger partial charge in [-0.3, -0.25) is 0 Å². The Balaban J connectivity index is 2.83. The van der Waals surface area contributed by atoms with E-state index in [0.717, 1.165) is 11.3 Å². The second kappa shape index (κ2) is 4.87. The van der Waals surface area contributed by atoms with Gasteiger partial charge in [-0.05, 0) is 43.5 Å². The van der Waals surface area contributed by atoms with Crippen molar-refractivity contribution in [3.63, 3.8) is 0 Å². The fraction of sp³-hybridized carbons (Fsp3) is 0.455. The molecule has 1 rings (SSSR count). The third kappa shape index (κ3) is 2.74. The summed E-state index contributed by atoms with van der Waals surface area (Å²) in [6.45, 7) is 4.88. The quantitative estimate of drug-likeness (QED) is 0.767. The smallest absolute Gasteiger partial charge is 0.119 e. The highest BCUT2D eigenvalue weighted by atomic mass is 16.5. The van der Waals surface area contributed by atoms with Crippen molar-refractivity contribution in [3.05, 3.63) is 29.3 Å². The van der Waals surface area contributed by atoms with Crippen LogP contribution in [0, 0.1) is 6.92 Å². The fourth-order valence-electron chi connectivity index (χ4n) is 1.29. The minimum absolute atomic E-state index is 0.191. The Labute approximate surface area is 79.2 Å². The first kappa shape index (κ1) is 10.1. The van der Waals surface area contributed by atoms with Crippen LogP contribution < -0.4 is 4.74 Å². The molecule has 0 aliphatic carbocycles. The zero-order valence-electron chi connectivity index (χ0n) is 8.21. The molecule has 0 aromatic heterocycles. The molecule has 0 atom stereocenters. The Morgan fingerprint density at radius 1 is 1.38 bits per heavy atom. The van der Waals surface area contributed by atoms with Gasteiger partial charge >= 0.3 is 0 Å². The second-order valence-corrected chi connectivity index (χ2v) is 2.99.